The molecule has 0 aliphatic carbocycles. The second-order valence-corrected chi connectivity index (χ2v) is 12.1. The monoisotopic (exact) mass is 603 g/mol. The van der Waals surface area contributed by atoms with Crippen LogP contribution in [0, 0.1) is 0 Å². The Balaban J connectivity index is 1.12. The number of hydrogen-bond acceptors (Lipinski definition) is 4. The van der Waals surface area contributed by atoms with Crippen molar-refractivity contribution in [2.45, 2.75) is 0 Å². The Morgan fingerprint density at radius 3 is 1.91 bits per heavy atom. The fourth-order valence-electron chi connectivity index (χ4n) is 7.25. The lowest BCUT2D eigenvalue weighted by Gasteiger charge is -2.32. The third kappa shape index (κ3) is 4.03. The average molecular weight is 603 g/mol. The van der Waals surface area contributed by atoms with E-state index in [1.54, 1.807) is 0 Å². The summed E-state index contributed by atoms with van der Waals surface area (Å²) in [4.78, 5) is 2.27. The van der Waals surface area contributed by atoms with Crippen LogP contribution in [-0.4, -0.2) is 6.71 Å². The first-order valence-electron chi connectivity index (χ1n) is 15.9. The average Bonchev–Trinajstić information content (AvgIpc) is 3.51. The zero-order valence-electron chi connectivity index (χ0n) is 25.3. The maximum absolute atomic E-state index is 6.75. The highest BCUT2D eigenvalue weighted by Gasteiger charge is 2.41. The van der Waals surface area contributed by atoms with Gasteiger partial charge in [-0.05, 0) is 76.6 Å². The molecule has 5 heteroatoms. The summed E-state index contributed by atoms with van der Waals surface area (Å²) >= 11 is 0. The van der Waals surface area contributed by atoms with Gasteiger partial charge in [0.2, 0.25) is 0 Å². The molecule has 47 heavy (non-hydrogen) atoms. The van der Waals surface area contributed by atoms with E-state index in [1.165, 1.54) is 11.1 Å². The van der Waals surface area contributed by atoms with E-state index in [0.717, 1.165) is 78.4 Å². The van der Waals surface area contributed by atoms with Crippen LogP contribution in [-0.2, 0) is 0 Å². The van der Waals surface area contributed by atoms with E-state index in [2.05, 4.69) is 120 Å². The summed E-state index contributed by atoms with van der Waals surface area (Å²) in [7, 11) is 0. The van der Waals surface area contributed by atoms with Gasteiger partial charge in [0.05, 0.1) is 0 Å². The van der Waals surface area contributed by atoms with Gasteiger partial charge in [-0.2, -0.15) is 0 Å². The lowest BCUT2D eigenvalue weighted by Crippen LogP contribution is -2.57. The standard InChI is InChI=1S/C42H26BNO3/c1-3-10-27(11-4-1)28-18-20-30(21-19-28)44(29-12-5-2-6-13-29)31-22-23-32-33-24-25-35-42(41(33)47-39(32)26-31)46-38-17-9-16-37-40(38)43(35)34-14-7-8-15-36(34)45-37/h1-26H. The van der Waals surface area contributed by atoms with E-state index in [-0.39, 0.29) is 6.71 Å². The first kappa shape index (κ1) is 26.1. The molecule has 0 N–H and O–H groups in total. The van der Waals surface area contributed by atoms with E-state index >= 15 is 0 Å². The molecule has 0 amide bonds. The topological polar surface area (TPSA) is 34.8 Å². The van der Waals surface area contributed by atoms with Gasteiger partial charge in [0, 0.05) is 39.4 Å². The van der Waals surface area contributed by atoms with Crippen LogP contribution in [0.2, 0.25) is 0 Å². The van der Waals surface area contributed by atoms with Gasteiger partial charge in [-0.1, -0.05) is 97.1 Å². The highest BCUT2D eigenvalue weighted by atomic mass is 16.5. The van der Waals surface area contributed by atoms with E-state index in [1.807, 2.05) is 42.5 Å². The van der Waals surface area contributed by atoms with Crippen molar-refractivity contribution in [3.63, 3.8) is 0 Å². The second-order valence-electron chi connectivity index (χ2n) is 12.1. The zero-order chi connectivity index (χ0) is 30.9. The second kappa shape index (κ2) is 10.2. The van der Waals surface area contributed by atoms with Gasteiger partial charge in [0.15, 0.2) is 11.3 Å². The third-order valence-electron chi connectivity index (χ3n) is 9.40. The van der Waals surface area contributed by atoms with Crippen molar-refractivity contribution in [1.82, 2.24) is 0 Å². The first-order chi connectivity index (χ1) is 23.3. The number of hydrogen-bond donors (Lipinski definition) is 0. The van der Waals surface area contributed by atoms with Crippen LogP contribution < -0.4 is 30.8 Å². The van der Waals surface area contributed by atoms with Crippen LogP contribution in [0.25, 0.3) is 33.1 Å². The number of rotatable bonds is 4. The van der Waals surface area contributed by atoms with Gasteiger partial charge < -0.3 is 18.8 Å². The molecule has 0 bridgehead atoms. The number of nitrogens with zero attached hydrogens (tertiary/aromatic N) is 1. The number of ether oxygens (including phenoxy) is 2. The molecule has 8 aromatic rings. The largest absolute Gasteiger partial charge is 0.458 e. The number of anilines is 3. The SMILES string of the molecule is c1ccc(-c2ccc(N(c3ccccc3)c3ccc4c(c3)oc3c5c(ccc34)B3c4ccccc4Oc4cccc(c43)O5)cc2)cc1. The van der Waals surface area contributed by atoms with Gasteiger partial charge >= 0.3 is 0 Å². The Kier molecular flexibility index (Phi) is 5.63. The molecule has 3 heterocycles. The molecule has 220 valence electrons. The van der Waals surface area contributed by atoms with Crippen LogP contribution in [0.1, 0.15) is 0 Å². The van der Waals surface area contributed by atoms with Crippen molar-refractivity contribution in [2.75, 3.05) is 4.90 Å². The molecule has 7 aromatic carbocycles. The Hall–Kier alpha value is -6.20. The number of furan rings is 1. The molecule has 0 radical (unpaired) electrons. The van der Waals surface area contributed by atoms with Crippen LogP contribution in [0.4, 0.5) is 17.1 Å². The molecule has 4 nitrogen and oxygen atoms in total. The molecular weight excluding hydrogens is 577 g/mol. The van der Waals surface area contributed by atoms with Crippen LogP contribution in [0.3, 0.4) is 0 Å². The van der Waals surface area contributed by atoms with Crippen molar-refractivity contribution in [3.05, 3.63) is 158 Å². The van der Waals surface area contributed by atoms with Crippen LogP contribution >= 0.6 is 0 Å². The summed E-state index contributed by atoms with van der Waals surface area (Å²) in [6, 6.07) is 54.8. The summed E-state index contributed by atoms with van der Waals surface area (Å²) < 4.78 is 19.7. The van der Waals surface area contributed by atoms with Crippen LogP contribution in [0.5, 0.6) is 23.0 Å². The maximum Gasteiger partial charge on any atom is 0.260 e. The highest BCUT2D eigenvalue weighted by molar-refractivity contribution is 6.98. The summed E-state index contributed by atoms with van der Waals surface area (Å²) in [5, 5.41) is 2.08. The molecule has 10 rings (SSSR count). The van der Waals surface area contributed by atoms with E-state index < -0.39 is 0 Å². The Morgan fingerprint density at radius 2 is 1.09 bits per heavy atom. The molecule has 0 spiro atoms. The predicted octanol–water partition coefficient (Wildman–Crippen LogP) is 9.45. The molecule has 2 aliphatic heterocycles. The molecule has 1 aromatic heterocycles. The molecule has 0 atom stereocenters. The van der Waals surface area contributed by atoms with Gasteiger partial charge in [-0.25, -0.2) is 0 Å². The number of fused-ring (bicyclic) bond motifs is 8. The molecular formula is C42H26BNO3. The molecule has 0 unspecified atom stereocenters. The Bertz CT molecular complexity index is 2470. The van der Waals surface area contributed by atoms with Gasteiger partial charge in [0.1, 0.15) is 22.8 Å². The van der Waals surface area contributed by atoms with Crippen molar-refractivity contribution >= 4 is 62.1 Å². The summed E-state index contributed by atoms with van der Waals surface area (Å²) in [5.41, 5.74) is 10.4. The minimum absolute atomic E-state index is 0.00416. The third-order valence-corrected chi connectivity index (χ3v) is 9.40. The molecule has 0 saturated carbocycles. The van der Waals surface area contributed by atoms with Crippen molar-refractivity contribution < 1.29 is 13.9 Å². The number of para-hydroxylation sites is 2. The van der Waals surface area contributed by atoms with E-state index in [4.69, 9.17) is 13.9 Å². The van der Waals surface area contributed by atoms with E-state index in [9.17, 15) is 0 Å². The van der Waals surface area contributed by atoms with Gasteiger partial charge in [-0.3, -0.25) is 0 Å². The first-order valence-corrected chi connectivity index (χ1v) is 15.9. The lowest BCUT2D eigenvalue weighted by molar-refractivity contribution is 0.461. The summed E-state index contributed by atoms with van der Waals surface area (Å²) in [6.45, 7) is -0.00416. The highest BCUT2D eigenvalue weighted by Crippen LogP contribution is 2.43. The molecule has 0 saturated heterocycles. The summed E-state index contributed by atoms with van der Waals surface area (Å²) in [5.74, 6) is 3.28. The maximum atomic E-state index is 6.75. The number of benzene rings is 7. The fourth-order valence-corrected chi connectivity index (χ4v) is 7.25. The van der Waals surface area contributed by atoms with Crippen molar-refractivity contribution in [3.8, 4) is 34.1 Å². The molecule has 0 fully saturated rings. The Morgan fingerprint density at radius 1 is 0.447 bits per heavy atom. The predicted molar refractivity (Wildman–Crippen MR) is 192 cm³/mol. The van der Waals surface area contributed by atoms with Gasteiger partial charge in [0.25, 0.3) is 6.71 Å². The zero-order valence-corrected chi connectivity index (χ0v) is 25.3. The quantitative estimate of drug-likeness (QED) is 0.188. The van der Waals surface area contributed by atoms with Crippen LogP contribution in [0.15, 0.2) is 162 Å². The molecule has 2 aliphatic rings. The van der Waals surface area contributed by atoms with E-state index in [0.29, 0.717) is 0 Å². The van der Waals surface area contributed by atoms with Gasteiger partial charge in [-0.15, -0.1) is 0 Å². The normalized spacial score (nSPS) is 12.6. The fraction of sp³-hybridized carbons (Fsp3) is 0. The minimum Gasteiger partial charge on any atom is -0.458 e. The summed E-state index contributed by atoms with van der Waals surface area (Å²) in [6.07, 6.45) is 0. The smallest absolute Gasteiger partial charge is 0.260 e. The van der Waals surface area contributed by atoms with Crippen molar-refractivity contribution in [1.29, 1.82) is 0 Å². The lowest BCUT2D eigenvalue weighted by atomic mass is 9.35. The minimum atomic E-state index is -0.00416. The Labute approximate surface area is 272 Å². The van der Waals surface area contributed by atoms with Crippen molar-refractivity contribution in [2.24, 2.45) is 0 Å².